The van der Waals surface area contributed by atoms with Crippen LogP contribution in [0.1, 0.15) is 37.3 Å². The number of carbonyl (C=O) groups is 1. The van der Waals surface area contributed by atoms with Crippen molar-refractivity contribution in [3.8, 4) is 5.75 Å². The van der Waals surface area contributed by atoms with E-state index in [9.17, 15) is 18.0 Å². The number of hydrogen-bond donors (Lipinski definition) is 2. The Morgan fingerprint density at radius 2 is 1.93 bits per heavy atom. The minimum absolute atomic E-state index is 0. The molecule has 0 unspecified atom stereocenters. The molecule has 0 saturated carbocycles. The van der Waals surface area contributed by atoms with E-state index in [1.807, 2.05) is 6.92 Å². The summed E-state index contributed by atoms with van der Waals surface area (Å²) in [6.07, 6.45) is -2.60. The number of aliphatic imine (C=N–C) groups is 1. The Morgan fingerprint density at radius 1 is 1.21 bits per heavy atom. The second-order valence-electron chi connectivity index (χ2n) is 6.17. The number of halogens is 4. The molecule has 166 valence electrons. The van der Waals surface area contributed by atoms with Crippen molar-refractivity contribution in [3.05, 3.63) is 29.3 Å². The second kappa shape index (κ2) is 14.3. The SMILES string of the molecule is CCNC(=NCc1ccc(C)cc1OCC(F)(F)F)NCCCCC(=O)OC.I. The molecule has 0 aromatic heterocycles. The van der Waals surface area contributed by atoms with Gasteiger partial charge in [0.25, 0.3) is 0 Å². The smallest absolute Gasteiger partial charge is 0.422 e. The van der Waals surface area contributed by atoms with E-state index >= 15 is 0 Å². The lowest BCUT2D eigenvalue weighted by atomic mass is 10.1. The Bertz CT molecular complexity index is 655. The van der Waals surface area contributed by atoms with Gasteiger partial charge in [-0.15, -0.1) is 24.0 Å². The molecule has 0 amide bonds. The molecule has 1 aromatic carbocycles. The number of ether oxygens (including phenoxy) is 2. The molecule has 2 N–H and O–H groups in total. The number of esters is 1. The highest BCUT2D eigenvalue weighted by Crippen LogP contribution is 2.24. The molecule has 10 heteroatoms. The summed E-state index contributed by atoms with van der Waals surface area (Å²) < 4.78 is 46.9. The van der Waals surface area contributed by atoms with Gasteiger partial charge in [-0.25, -0.2) is 4.99 Å². The Balaban J connectivity index is 0.00000784. The lowest BCUT2D eigenvalue weighted by Crippen LogP contribution is -2.37. The van der Waals surface area contributed by atoms with E-state index in [0.29, 0.717) is 37.5 Å². The number of carbonyl (C=O) groups excluding carboxylic acids is 1. The number of nitrogens with zero attached hydrogens (tertiary/aromatic N) is 1. The Morgan fingerprint density at radius 3 is 2.55 bits per heavy atom. The molecule has 0 fully saturated rings. The van der Waals surface area contributed by atoms with Crippen LogP contribution in [0.5, 0.6) is 5.75 Å². The van der Waals surface area contributed by atoms with Crippen LogP contribution in [-0.2, 0) is 16.1 Å². The standard InChI is InChI=1S/C19H28F3N3O3.HI/c1-4-23-18(24-10-6-5-7-17(26)27-3)25-12-15-9-8-14(2)11-16(15)28-13-19(20,21)22;/h8-9,11H,4-7,10,12-13H2,1-3H3,(H2,23,24,25);1H. The van der Waals surface area contributed by atoms with Crippen molar-refractivity contribution in [3.63, 3.8) is 0 Å². The van der Waals surface area contributed by atoms with E-state index in [1.165, 1.54) is 7.11 Å². The summed E-state index contributed by atoms with van der Waals surface area (Å²) in [5.41, 5.74) is 1.37. The number of unbranched alkanes of at least 4 members (excludes halogenated alkanes) is 1. The molecule has 0 heterocycles. The predicted octanol–water partition coefficient (Wildman–Crippen LogP) is 3.95. The monoisotopic (exact) mass is 531 g/mol. The van der Waals surface area contributed by atoms with E-state index in [0.717, 1.165) is 12.0 Å². The predicted molar refractivity (Wildman–Crippen MR) is 117 cm³/mol. The molecule has 0 radical (unpaired) electrons. The zero-order valence-corrected chi connectivity index (χ0v) is 19.2. The third kappa shape index (κ3) is 12.4. The molecular formula is C19H29F3IN3O3. The van der Waals surface area contributed by atoms with Crippen LogP contribution in [0.25, 0.3) is 0 Å². The fourth-order valence-corrected chi connectivity index (χ4v) is 2.30. The Kier molecular flexibility index (Phi) is 13.4. The van der Waals surface area contributed by atoms with Crippen LogP contribution in [0.3, 0.4) is 0 Å². The van der Waals surface area contributed by atoms with Crippen molar-refractivity contribution >= 4 is 35.9 Å². The maximum Gasteiger partial charge on any atom is 0.422 e. The van der Waals surface area contributed by atoms with E-state index in [4.69, 9.17) is 4.74 Å². The second-order valence-corrected chi connectivity index (χ2v) is 6.17. The molecule has 6 nitrogen and oxygen atoms in total. The van der Waals surface area contributed by atoms with Crippen LogP contribution >= 0.6 is 24.0 Å². The average Bonchev–Trinajstić information content (AvgIpc) is 2.64. The summed E-state index contributed by atoms with van der Waals surface area (Å²) in [5, 5.41) is 6.21. The van der Waals surface area contributed by atoms with E-state index in [2.05, 4.69) is 20.4 Å². The van der Waals surface area contributed by atoms with Crippen LogP contribution in [-0.4, -0.2) is 44.9 Å². The van der Waals surface area contributed by atoms with Crippen LogP contribution in [0.4, 0.5) is 13.2 Å². The van der Waals surface area contributed by atoms with Gasteiger partial charge in [0, 0.05) is 25.1 Å². The van der Waals surface area contributed by atoms with Crippen molar-refractivity contribution < 1.29 is 27.4 Å². The first-order chi connectivity index (χ1) is 13.2. The largest absolute Gasteiger partial charge is 0.484 e. The van der Waals surface area contributed by atoms with Crippen molar-refractivity contribution in [2.24, 2.45) is 4.99 Å². The first kappa shape index (κ1) is 27.3. The number of nitrogens with one attached hydrogen (secondary N) is 2. The lowest BCUT2D eigenvalue weighted by molar-refractivity contribution is -0.153. The van der Waals surface area contributed by atoms with Gasteiger partial charge in [-0.2, -0.15) is 13.2 Å². The summed E-state index contributed by atoms with van der Waals surface area (Å²) in [4.78, 5) is 15.5. The first-order valence-electron chi connectivity index (χ1n) is 9.13. The normalized spacial score (nSPS) is 11.4. The van der Waals surface area contributed by atoms with Crippen LogP contribution in [0, 0.1) is 6.92 Å². The van der Waals surface area contributed by atoms with Gasteiger partial charge < -0.3 is 20.1 Å². The number of methoxy groups -OCH3 is 1. The van der Waals surface area contributed by atoms with Gasteiger partial charge in [0.1, 0.15) is 5.75 Å². The highest BCUT2D eigenvalue weighted by molar-refractivity contribution is 14.0. The van der Waals surface area contributed by atoms with Gasteiger partial charge in [-0.3, -0.25) is 4.79 Å². The molecule has 1 aromatic rings. The Hall–Kier alpha value is -1.72. The van der Waals surface area contributed by atoms with Gasteiger partial charge in [-0.1, -0.05) is 12.1 Å². The van der Waals surface area contributed by atoms with Crippen LogP contribution in [0.15, 0.2) is 23.2 Å². The number of rotatable bonds is 10. The number of alkyl halides is 3. The molecule has 0 spiro atoms. The van der Waals surface area contributed by atoms with Gasteiger partial charge in [0.05, 0.1) is 13.7 Å². The maximum atomic E-state index is 12.5. The van der Waals surface area contributed by atoms with Crippen LogP contribution in [0.2, 0.25) is 0 Å². The van der Waals surface area contributed by atoms with E-state index < -0.39 is 12.8 Å². The van der Waals surface area contributed by atoms with Gasteiger partial charge in [0.15, 0.2) is 12.6 Å². The van der Waals surface area contributed by atoms with Crippen molar-refractivity contribution in [1.82, 2.24) is 10.6 Å². The van der Waals surface area contributed by atoms with Crippen LogP contribution < -0.4 is 15.4 Å². The van der Waals surface area contributed by atoms with Gasteiger partial charge >= 0.3 is 12.1 Å². The number of aryl methyl sites for hydroxylation is 1. The summed E-state index contributed by atoms with van der Waals surface area (Å²) >= 11 is 0. The number of hydrogen-bond acceptors (Lipinski definition) is 4. The number of guanidine groups is 1. The third-order valence-corrected chi connectivity index (χ3v) is 3.69. The minimum atomic E-state index is -4.40. The molecule has 0 aliphatic carbocycles. The summed E-state index contributed by atoms with van der Waals surface area (Å²) in [6.45, 7) is 3.77. The quantitative estimate of drug-likeness (QED) is 0.157. The molecule has 0 bridgehead atoms. The van der Waals surface area contributed by atoms with Crippen molar-refractivity contribution in [2.45, 2.75) is 45.8 Å². The van der Waals surface area contributed by atoms with E-state index in [-0.39, 0.29) is 42.2 Å². The van der Waals surface area contributed by atoms with Crippen molar-refractivity contribution in [1.29, 1.82) is 0 Å². The van der Waals surface area contributed by atoms with Gasteiger partial charge in [-0.05, 0) is 38.3 Å². The summed E-state index contributed by atoms with van der Waals surface area (Å²) in [5.74, 6) is 0.476. The summed E-state index contributed by atoms with van der Waals surface area (Å²) in [7, 11) is 1.36. The third-order valence-electron chi connectivity index (χ3n) is 3.69. The van der Waals surface area contributed by atoms with Gasteiger partial charge in [0.2, 0.25) is 0 Å². The molecule has 29 heavy (non-hydrogen) atoms. The molecule has 0 saturated heterocycles. The number of benzene rings is 1. The topological polar surface area (TPSA) is 72.0 Å². The fourth-order valence-electron chi connectivity index (χ4n) is 2.30. The molecule has 1 rings (SSSR count). The molecule has 0 atom stereocenters. The highest BCUT2D eigenvalue weighted by Gasteiger charge is 2.28. The average molecular weight is 531 g/mol. The van der Waals surface area contributed by atoms with Crippen molar-refractivity contribution in [2.75, 3.05) is 26.8 Å². The maximum absolute atomic E-state index is 12.5. The zero-order valence-electron chi connectivity index (χ0n) is 16.9. The first-order valence-corrected chi connectivity index (χ1v) is 9.13. The fraction of sp³-hybridized carbons (Fsp3) is 0.579. The Labute approximate surface area is 186 Å². The molecule has 0 aliphatic heterocycles. The molecular weight excluding hydrogens is 502 g/mol. The summed E-state index contributed by atoms with van der Waals surface area (Å²) in [6, 6.07) is 5.09. The molecule has 0 aliphatic rings. The zero-order chi connectivity index (χ0) is 21.0. The van der Waals surface area contributed by atoms with E-state index in [1.54, 1.807) is 25.1 Å². The highest BCUT2D eigenvalue weighted by atomic mass is 127. The minimum Gasteiger partial charge on any atom is -0.484 e. The lowest BCUT2D eigenvalue weighted by Gasteiger charge is -2.14.